The highest BCUT2D eigenvalue weighted by Gasteiger charge is 2.37. The van der Waals surface area contributed by atoms with Crippen LogP contribution < -0.4 is 5.73 Å². The fourth-order valence-electron chi connectivity index (χ4n) is 0.944. The van der Waals surface area contributed by atoms with Gasteiger partial charge in [0.25, 0.3) is 0 Å². The number of rotatable bonds is 1. The predicted molar refractivity (Wildman–Crippen MR) is 57.2 cm³/mol. The SMILES string of the molecule is N[C@H](c1cc(Cl)cc(I)c1)C(F)(F)F. The molecule has 14 heavy (non-hydrogen) atoms. The summed E-state index contributed by atoms with van der Waals surface area (Å²) < 4.78 is 37.3. The summed E-state index contributed by atoms with van der Waals surface area (Å²) >= 11 is 7.50. The Morgan fingerprint density at radius 3 is 2.29 bits per heavy atom. The Bertz CT molecular complexity index is 320. The van der Waals surface area contributed by atoms with E-state index >= 15 is 0 Å². The van der Waals surface area contributed by atoms with Crippen LogP contribution in [-0.2, 0) is 0 Å². The average molecular weight is 335 g/mol. The van der Waals surface area contributed by atoms with Gasteiger partial charge in [0, 0.05) is 8.59 Å². The van der Waals surface area contributed by atoms with Crippen molar-refractivity contribution in [1.82, 2.24) is 0 Å². The minimum atomic E-state index is -4.44. The Morgan fingerprint density at radius 1 is 1.29 bits per heavy atom. The largest absolute Gasteiger partial charge is 0.407 e. The van der Waals surface area contributed by atoms with Gasteiger partial charge in [-0.1, -0.05) is 11.6 Å². The average Bonchev–Trinajstić information content (AvgIpc) is 1.99. The Balaban J connectivity index is 3.07. The standard InChI is InChI=1S/C8H6ClF3IN/c9-5-1-4(2-6(13)3-5)7(14)8(10,11)12/h1-3,7H,14H2/t7-/m1/s1. The van der Waals surface area contributed by atoms with Crippen molar-refractivity contribution in [2.75, 3.05) is 0 Å². The normalized spacial score (nSPS) is 14.1. The second kappa shape index (κ2) is 4.24. The molecule has 0 saturated carbocycles. The van der Waals surface area contributed by atoms with Crippen LogP contribution in [0.15, 0.2) is 18.2 Å². The summed E-state index contributed by atoms with van der Waals surface area (Å²) in [5.74, 6) is 0. The van der Waals surface area contributed by atoms with Crippen molar-refractivity contribution >= 4 is 34.2 Å². The summed E-state index contributed by atoms with van der Waals surface area (Å²) in [6.45, 7) is 0. The number of benzene rings is 1. The van der Waals surface area contributed by atoms with Crippen molar-refractivity contribution < 1.29 is 13.2 Å². The first-order valence-corrected chi connectivity index (χ1v) is 5.04. The van der Waals surface area contributed by atoms with E-state index < -0.39 is 12.2 Å². The molecular formula is C8H6ClF3IN. The van der Waals surface area contributed by atoms with Crippen LogP contribution in [0.2, 0.25) is 5.02 Å². The lowest BCUT2D eigenvalue weighted by Gasteiger charge is -2.16. The van der Waals surface area contributed by atoms with Crippen molar-refractivity contribution in [1.29, 1.82) is 0 Å². The fourth-order valence-corrected chi connectivity index (χ4v) is 2.07. The first-order chi connectivity index (χ1) is 6.30. The number of nitrogens with two attached hydrogens (primary N) is 1. The van der Waals surface area contributed by atoms with Gasteiger partial charge in [0.2, 0.25) is 0 Å². The third-order valence-corrected chi connectivity index (χ3v) is 2.44. The van der Waals surface area contributed by atoms with Crippen LogP contribution in [0.25, 0.3) is 0 Å². The molecule has 0 aliphatic heterocycles. The molecular weight excluding hydrogens is 329 g/mol. The molecule has 0 saturated heterocycles. The summed E-state index contributed by atoms with van der Waals surface area (Å²) in [7, 11) is 0. The molecule has 1 atom stereocenters. The highest BCUT2D eigenvalue weighted by Crippen LogP contribution is 2.32. The van der Waals surface area contributed by atoms with Gasteiger partial charge in [-0.3, -0.25) is 0 Å². The Labute approximate surface area is 97.6 Å². The molecule has 0 unspecified atom stereocenters. The van der Waals surface area contributed by atoms with E-state index in [1.165, 1.54) is 12.1 Å². The minimum absolute atomic E-state index is 0.0191. The zero-order chi connectivity index (χ0) is 10.9. The van der Waals surface area contributed by atoms with Gasteiger partial charge in [-0.05, 0) is 46.4 Å². The highest BCUT2D eigenvalue weighted by molar-refractivity contribution is 14.1. The summed E-state index contributed by atoms with van der Waals surface area (Å²) in [5.41, 5.74) is 5.00. The van der Waals surface area contributed by atoms with Crippen molar-refractivity contribution in [2.45, 2.75) is 12.2 Å². The molecule has 1 nitrogen and oxygen atoms in total. The minimum Gasteiger partial charge on any atom is -0.316 e. The maximum Gasteiger partial charge on any atom is 0.407 e. The molecule has 0 aliphatic carbocycles. The van der Waals surface area contributed by atoms with Crippen LogP contribution in [0.3, 0.4) is 0 Å². The summed E-state index contributed by atoms with van der Waals surface area (Å²) in [5, 5.41) is 0.256. The molecule has 0 fully saturated rings. The monoisotopic (exact) mass is 335 g/mol. The van der Waals surface area contributed by atoms with Crippen LogP contribution in [-0.4, -0.2) is 6.18 Å². The number of alkyl halides is 3. The molecule has 0 aromatic heterocycles. The van der Waals surface area contributed by atoms with Gasteiger partial charge in [0.05, 0.1) is 0 Å². The zero-order valence-electron chi connectivity index (χ0n) is 6.78. The van der Waals surface area contributed by atoms with Crippen molar-refractivity contribution in [2.24, 2.45) is 5.73 Å². The van der Waals surface area contributed by atoms with Crippen LogP contribution in [0, 0.1) is 3.57 Å². The van der Waals surface area contributed by atoms with E-state index in [1.807, 2.05) is 22.6 Å². The summed E-state index contributed by atoms with van der Waals surface area (Å²) in [6, 6.07) is 2.18. The fraction of sp³-hybridized carbons (Fsp3) is 0.250. The number of hydrogen-bond acceptors (Lipinski definition) is 1. The van der Waals surface area contributed by atoms with Gasteiger partial charge in [0.15, 0.2) is 0 Å². The van der Waals surface area contributed by atoms with Crippen molar-refractivity contribution in [3.8, 4) is 0 Å². The van der Waals surface area contributed by atoms with Gasteiger partial charge < -0.3 is 5.73 Å². The van der Waals surface area contributed by atoms with E-state index in [0.29, 0.717) is 3.57 Å². The lowest BCUT2D eigenvalue weighted by Crippen LogP contribution is -2.28. The number of hydrogen-bond donors (Lipinski definition) is 1. The van der Waals surface area contributed by atoms with E-state index in [0.717, 1.165) is 0 Å². The lowest BCUT2D eigenvalue weighted by atomic mass is 10.1. The molecule has 0 spiro atoms. The third kappa shape index (κ3) is 2.99. The van der Waals surface area contributed by atoms with Gasteiger partial charge in [0.1, 0.15) is 6.04 Å². The van der Waals surface area contributed by atoms with E-state index in [9.17, 15) is 13.2 Å². The Hall–Kier alpha value is -0.0100. The number of halogens is 5. The van der Waals surface area contributed by atoms with E-state index in [1.54, 1.807) is 6.07 Å². The second-order valence-corrected chi connectivity index (χ2v) is 4.40. The Kier molecular flexibility index (Phi) is 3.65. The van der Waals surface area contributed by atoms with Gasteiger partial charge >= 0.3 is 6.18 Å². The molecule has 6 heteroatoms. The van der Waals surface area contributed by atoms with Gasteiger partial charge in [-0.2, -0.15) is 13.2 Å². The lowest BCUT2D eigenvalue weighted by molar-refractivity contribution is -0.149. The van der Waals surface area contributed by atoms with E-state index in [-0.39, 0.29) is 10.6 Å². The molecule has 1 rings (SSSR count). The van der Waals surface area contributed by atoms with Crippen LogP contribution in [0.5, 0.6) is 0 Å². The topological polar surface area (TPSA) is 26.0 Å². The quantitative estimate of drug-likeness (QED) is 0.781. The molecule has 1 aromatic rings. The molecule has 0 aliphatic rings. The molecule has 0 bridgehead atoms. The smallest absolute Gasteiger partial charge is 0.316 e. The van der Waals surface area contributed by atoms with Crippen LogP contribution in [0.1, 0.15) is 11.6 Å². The summed E-state index contributed by atoms with van der Waals surface area (Å²) in [4.78, 5) is 0. The molecule has 0 radical (unpaired) electrons. The Morgan fingerprint density at radius 2 is 1.86 bits per heavy atom. The van der Waals surface area contributed by atoms with Gasteiger partial charge in [-0.25, -0.2) is 0 Å². The summed E-state index contributed by atoms with van der Waals surface area (Å²) in [6.07, 6.45) is -4.44. The second-order valence-electron chi connectivity index (χ2n) is 2.72. The molecule has 0 amide bonds. The first-order valence-electron chi connectivity index (χ1n) is 3.59. The van der Waals surface area contributed by atoms with Crippen molar-refractivity contribution in [3.05, 3.63) is 32.4 Å². The third-order valence-electron chi connectivity index (χ3n) is 1.60. The van der Waals surface area contributed by atoms with E-state index in [4.69, 9.17) is 17.3 Å². The predicted octanol–water partition coefficient (Wildman–Crippen LogP) is 3.51. The maximum absolute atomic E-state index is 12.2. The van der Waals surface area contributed by atoms with Crippen molar-refractivity contribution in [3.63, 3.8) is 0 Å². The maximum atomic E-state index is 12.2. The molecule has 78 valence electrons. The van der Waals surface area contributed by atoms with E-state index in [2.05, 4.69) is 0 Å². The first kappa shape index (κ1) is 12.1. The zero-order valence-corrected chi connectivity index (χ0v) is 9.69. The van der Waals surface area contributed by atoms with Crippen LogP contribution in [0.4, 0.5) is 13.2 Å². The molecule has 0 heterocycles. The highest BCUT2D eigenvalue weighted by atomic mass is 127. The molecule has 2 N–H and O–H groups in total. The van der Waals surface area contributed by atoms with Crippen LogP contribution >= 0.6 is 34.2 Å². The molecule has 1 aromatic carbocycles. The van der Waals surface area contributed by atoms with Gasteiger partial charge in [-0.15, -0.1) is 0 Å².